The topological polar surface area (TPSA) is 77.6 Å². The Hall–Kier alpha value is -2.26. The predicted molar refractivity (Wildman–Crippen MR) is 91.4 cm³/mol. The number of hydrogen-bond donors (Lipinski definition) is 1. The van der Waals surface area contributed by atoms with Crippen LogP contribution in [0.1, 0.15) is 26.6 Å². The first kappa shape index (κ1) is 18.5. The molecule has 1 aromatic carbocycles. The fraction of sp³-hybridized carbons (Fsp3) is 0.353. The third-order valence-electron chi connectivity index (χ3n) is 4.04. The summed E-state index contributed by atoms with van der Waals surface area (Å²) in [6.07, 6.45) is -3.11. The molecule has 1 aliphatic heterocycles. The number of aliphatic imine (C=N–C) groups is 1. The molecular weight excluding hydrogens is 367 g/mol. The zero-order chi connectivity index (χ0) is 18.9. The molecule has 2 aromatic rings. The lowest BCUT2D eigenvalue weighted by molar-refractivity contribution is -0.0146. The Morgan fingerprint density at radius 2 is 2.23 bits per heavy atom. The number of nitrogens with two attached hydrogens (primary N) is 1. The number of ketones is 1. The minimum atomic E-state index is -3.03. The zero-order valence-electron chi connectivity index (χ0n) is 13.8. The molecular formula is C17H16F3N3O2S. The third kappa shape index (κ3) is 3.49. The number of rotatable bonds is 5. The van der Waals surface area contributed by atoms with E-state index in [0.717, 1.165) is 11.1 Å². The summed E-state index contributed by atoms with van der Waals surface area (Å²) in [5.41, 5.74) is 3.67. The van der Waals surface area contributed by atoms with E-state index < -0.39 is 24.4 Å². The first-order chi connectivity index (χ1) is 12.3. The van der Waals surface area contributed by atoms with Crippen molar-refractivity contribution in [2.45, 2.75) is 25.3 Å². The van der Waals surface area contributed by atoms with Gasteiger partial charge in [-0.15, -0.1) is 11.3 Å². The van der Waals surface area contributed by atoms with Crippen LogP contribution < -0.4 is 5.73 Å². The fourth-order valence-corrected chi connectivity index (χ4v) is 3.40. The highest BCUT2D eigenvalue weighted by molar-refractivity contribution is 7.09. The molecule has 3 rings (SSSR count). The van der Waals surface area contributed by atoms with Gasteiger partial charge in [-0.2, -0.15) is 0 Å². The van der Waals surface area contributed by atoms with E-state index in [-0.39, 0.29) is 30.2 Å². The molecule has 26 heavy (non-hydrogen) atoms. The van der Waals surface area contributed by atoms with Crippen LogP contribution in [0, 0.1) is 12.7 Å². The van der Waals surface area contributed by atoms with E-state index in [0.29, 0.717) is 11.3 Å². The van der Waals surface area contributed by atoms with Crippen molar-refractivity contribution in [3.63, 3.8) is 0 Å². The lowest BCUT2D eigenvalue weighted by Gasteiger charge is -2.33. The molecule has 0 bridgehead atoms. The van der Waals surface area contributed by atoms with Gasteiger partial charge in [0.1, 0.15) is 24.0 Å². The molecule has 9 heteroatoms. The van der Waals surface area contributed by atoms with Crippen molar-refractivity contribution in [1.82, 2.24) is 4.98 Å². The van der Waals surface area contributed by atoms with Crippen molar-refractivity contribution in [1.29, 1.82) is 0 Å². The Kier molecular flexibility index (Phi) is 5.10. The molecule has 0 amide bonds. The first-order valence-corrected chi connectivity index (χ1v) is 8.64. The Bertz CT molecular complexity index is 869. The molecule has 0 spiro atoms. The number of aryl methyl sites for hydroxylation is 1. The number of halogens is 3. The second kappa shape index (κ2) is 7.16. The van der Waals surface area contributed by atoms with E-state index >= 15 is 0 Å². The summed E-state index contributed by atoms with van der Waals surface area (Å²) >= 11 is 1.34. The Labute approximate surface area is 151 Å². The summed E-state index contributed by atoms with van der Waals surface area (Å²) in [5, 5.41) is 2.37. The molecule has 1 aromatic heterocycles. The average Bonchev–Trinajstić information content (AvgIpc) is 3.03. The highest BCUT2D eigenvalue weighted by Crippen LogP contribution is 2.37. The number of Topliss-reactive ketones (excluding diaryl/α,β-unsaturated/α-hetero) is 1. The lowest BCUT2D eigenvalue weighted by Crippen LogP contribution is -2.45. The Balaban J connectivity index is 1.97. The Morgan fingerprint density at radius 3 is 2.85 bits per heavy atom. The second-order valence-electron chi connectivity index (χ2n) is 5.99. The van der Waals surface area contributed by atoms with Crippen LogP contribution in [0.2, 0.25) is 0 Å². The maximum Gasteiger partial charge on any atom is 0.269 e. The summed E-state index contributed by atoms with van der Waals surface area (Å²) < 4.78 is 47.0. The van der Waals surface area contributed by atoms with Gasteiger partial charge in [0.15, 0.2) is 11.3 Å². The van der Waals surface area contributed by atoms with Crippen LogP contribution in [0.5, 0.6) is 0 Å². The molecule has 5 nitrogen and oxygen atoms in total. The van der Waals surface area contributed by atoms with Gasteiger partial charge in [-0.3, -0.25) is 9.79 Å². The summed E-state index contributed by atoms with van der Waals surface area (Å²) in [6.45, 7) is 1.19. The van der Waals surface area contributed by atoms with Crippen molar-refractivity contribution in [3.05, 3.63) is 51.2 Å². The van der Waals surface area contributed by atoms with Crippen LogP contribution in [-0.2, 0) is 16.7 Å². The van der Waals surface area contributed by atoms with Crippen molar-refractivity contribution in [3.8, 4) is 0 Å². The lowest BCUT2D eigenvalue weighted by atomic mass is 9.88. The van der Waals surface area contributed by atoms with Gasteiger partial charge in [0.25, 0.3) is 6.43 Å². The summed E-state index contributed by atoms with van der Waals surface area (Å²) in [6, 6.07) is 3.66. The van der Waals surface area contributed by atoms with Crippen molar-refractivity contribution in [2.24, 2.45) is 10.7 Å². The van der Waals surface area contributed by atoms with Gasteiger partial charge in [0.05, 0.1) is 11.6 Å². The number of ether oxygens (including phenoxy) is 1. The minimum absolute atomic E-state index is 0.0859. The number of alkyl halides is 2. The van der Waals surface area contributed by atoms with E-state index in [4.69, 9.17) is 10.5 Å². The molecule has 1 atom stereocenters. The number of nitrogens with zero attached hydrogens (tertiary/aromatic N) is 2. The second-order valence-corrected chi connectivity index (χ2v) is 7.05. The molecule has 0 fully saturated rings. The van der Waals surface area contributed by atoms with Crippen LogP contribution in [0.25, 0.3) is 0 Å². The van der Waals surface area contributed by atoms with Gasteiger partial charge in [-0.1, -0.05) is 6.07 Å². The predicted octanol–water partition coefficient (Wildman–Crippen LogP) is 2.86. The molecule has 0 unspecified atom stereocenters. The quantitative estimate of drug-likeness (QED) is 0.806. The fourth-order valence-electron chi connectivity index (χ4n) is 2.78. The van der Waals surface area contributed by atoms with Crippen LogP contribution >= 0.6 is 11.3 Å². The number of aromatic nitrogens is 1. The van der Waals surface area contributed by atoms with Gasteiger partial charge in [0.2, 0.25) is 0 Å². The number of hydrogen-bond acceptors (Lipinski definition) is 6. The van der Waals surface area contributed by atoms with Crippen LogP contribution in [0.15, 0.2) is 28.6 Å². The zero-order valence-corrected chi connectivity index (χ0v) is 14.7. The summed E-state index contributed by atoms with van der Waals surface area (Å²) in [7, 11) is 0. The highest BCUT2D eigenvalue weighted by Gasteiger charge is 2.46. The number of amidine groups is 1. The normalized spacial score (nSPS) is 20.3. The number of carbonyl (C=O) groups is 1. The van der Waals surface area contributed by atoms with Crippen molar-refractivity contribution in [2.75, 3.05) is 13.2 Å². The molecule has 0 saturated carbocycles. The number of thiazole rings is 1. The van der Waals surface area contributed by atoms with Crippen LogP contribution in [-0.4, -0.2) is 36.2 Å². The highest BCUT2D eigenvalue weighted by atomic mass is 32.1. The molecule has 2 heterocycles. The minimum Gasteiger partial charge on any atom is -0.385 e. The average molecular weight is 383 g/mol. The van der Waals surface area contributed by atoms with E-state index in [9.17, 15) is 18.0 Å². The molecule has 0 aliphatic carbocycles. The van der Waals surface area contributed by atoms with E-state index in [1.807, 2.05) is 0 Å². The molecule has 138 valence electrons. The maximum atomic E-state index is 14.4. The standard InChI is InChI=1S/C17H16F3N3O2S/c1-9-22-13(7-26-9)14(24)5-10-2-3-12(18)11(4-10)17(16(19)20)8-25-6-15(21)23-17/h2-4,7,16H,5-6,8H2,1H3,(H2,21,23)/t17-/m0/s1. The van der Waals surface area contributed by atoms with Gasteiger partial charge < -0.3 is 10.5 Å². The smallest absolute Gasteiger partial charge is 0.269 e. The Morgan fingerprint density at radius 1 is 1.46 bits per heavy atom. The summed E-state index contributed by atoms with van der Waals surface area (Å²) in [5.74, 6) is -1.26. The summed E-state index contributed by atoms with van der Waals surface area (Å²) in [4.78, 5) is 20.2. The van der Waals surface area contributed by atoms with Gasteiger partial charge in [-0.05, 0) is 24.6 Å². The SMILES string of the molecule is Cc1nc(C(=O)Cc2ccc(F)c([C@]3(C(F)F)COCC(N)=N3)c2)cs1. The van der Waals surface area contributed by atoms with Crippen molar-refractivity contribution >= 4 is 23.0 Å². The van der Waals surface area contributed by atoms with Crippen LogP contribution in [0.3, 0.4) is 0 Å². The monoisotopic (exact) mass is 383 g/mol. The van der Waals surface area contributed by atoms with Crippen LogP contribution in [0.4, 0.5) is 13.2 Å². The van der Waals surface area contributed by atoms with E-state index in [2.05, 4.69) is 9.98 Å². The number of carbonyl (C=O) groups excluding carboxylic acids is 1. The maximum absolute atomic E-state index is 14.4. The first-order valence-electron chi connectivity index (χ1n) is 7.76. The van der Waals surface area contributed by atoms with Crippen molar-refractivity contribution < 1.29 is 22.7 Å². The van der Waals surface area contributed by atoms with Gasteiger partial charge >= 0.3 is 0 Å². The number of benzene rings is 1. The molecule has 0 saturated heterocycles. The van der Waals surface area contributed by atoms with E-state index in [1.54, 1.807) is 12.3 Å². The van der Waals surface area contributed by atoms with Gasteiger partial charge in [-0.25, -0.2) is 18.2 Å². The molecule has 2 N–H and O–H groups in total. The van der Waals surface area contributed by atoms with E-state index in [1.165, 1.54) is 23.5 Å². The van der Waals surface area contributed by atoms with Gasteiger partial charge in [0, 0.05) is 17.4 Å². The molecule has 0 radical (unpaired) electrons. The third-order valence-corrected chi connectivity index (χ3v) is 4.82. The molecule has 1 aliphatic rings. The largest absolute Gasteiger partial charge is 0.385 e.